The van der Waals surface area contributed by atoms with Crippen LogP contribution in [0, 0.1) is 5.82 Å². The van der Waals surface area contributed by atoms with E-state index in [0.29, 0.717) is 23.8 Å². The Morgan fingerprint density at radius 1 is 1.23 bits per heavy atom. The average Bonchev–Trinajstić information content (AvgIpc) is 3.45. The number of furan rings is 1. The zero-order valence-electron chi connectivity index (χ0n) is 17.0. The van der Waals surface area contributed by atoms with Gasteiger partial charge < -0.3 is 19.4 Å². The van der Waals surface area contributed by atoms with Crippen LogP contribution < -0.4 is 10.1 Å². The molecular formula is C23H24FN3O3. The van der Waals surface area contributed by atoms with Crippen LogP contribution in [0.15, 0.2) is 59.3 Å². The maximum absolute atomic E-state index is 13.1. The number of carbonyl (C=O) groups is 1. The molecule has 1 amide bonds. The van der Waals surface area contributed by atoms with Gasteiger partial charge in [-0.25, -0.2) is 4.39 Å². The Hall–Kier alpha value is -3.19. The number of nitrogens with one attached hydrogen (secondary N) is 1. The summed E-state index contributed by atoms with van der Waals surface area (Å²) in [7, 11) is 1.85. The molecule has 0 bridgehead atoms. The van der Waals surface area contributed by atoms with Crippen molar-refractivity contribution in [3.63, 3.8) is 0 Å². The van der Waals surface area contributed by atoms with E-state index in [1.165, 1.54) is 12.1 Å². The Kier molecular flexibility index (Phi) is 5.81. The second kappa shape index (κ2) is 8.67. The van der Waals surface area contributed by atoms with Crippen molar-refractivity contribution in [3.8, 4) is 11.5 Å². The van der Waals surface area contributed by atoms with E-state index in [-0.39, 0.29) is 23.8 Å². The third-order valence-electron chi connectivity index (χ3n) is 5.38. The second-order valence-electron chi connectivity index (χ2n) is 7.38. The molecule has 2 atom stereocenters. The molecule has 0 radical (unpaired) electrons. The molecule has 0 aliphatic carbocycles. The lowest BCUT2D eigenvalue weighted by Gasteiger charge is -2.24. The summed E-state index contributed by atoms with van der Waals surface area (Å²) in [6.07, 6.45) is 5.10. The monoisotopic (exact) mass is 409 g/mol. The molecule has 1 aliphatic rings. The molecular weight excluding hydrogens is 385 g/mol. The van der Waals surface area contributed by atoms with Crippen molar-refractivity contribution < 1.29 is 18.3 Å². The largest absolute Gasteiger partial charge is 0.456 e. The third-order valence-corrected chi connectivity index (χ3v) is 5.38. The SMILES string of the molecule is CNC(C)c1ccc(C(=O)N2CCCC2c2cncc(Oc3ccc(F)cc3)c2)o1. The van der Waals surface area contributed by atoms with Gasteiger partial charge in [0.05, 0.1) is 18.3 Å². The van der Waals surface area contributed by atoms with E-state index in [4.69, 9.17) is 9.15 Å². The Morgan fingerprint density at radius 2 is 2.03 bits per heavy atom. The van der Waals surface area contributed by atoms with E-state index in [0.717, 1.165) is 24.2 Å². The van der Waals surface area contributed by atoms with E-state index >= 15 is 0 Å². The highest BCUT2D eigenvalue weighted by molar-refractivity contribution is 5.92. The van der Waals surface area contributed by atoms with E-state index in [2.05, 4.69) is 10.3 Å². The minimum Gasteiger partial charge on any atom is -0.456 e. The summed E-state index contributed by atoms with van der Waals surface area (Å²) in [4.78, 5) is 19.2. The molecule has 1 aliphatic heterocycles. The van der Waals surface area contributed by atoms with Gasteiger partial charge in [-0.1, -0.05) is 0 Å². The minimum atomic E-state index is -0.320. The summed E-state index contributed by atoms with van der Waals surface area (Å²) < 4.78 is 24.7. The molecule has 3 heterocycles. The molecule has 3 aromatic rings. The maximum atomic E-state index is 13.1. The number of nitrogens with zero attached hydrogens (tertiary/aromatic N) is 2. The van der Waals surface area contributed by atoms with Gasteiger partial charge in [-0.15, -0.1) is 0 Å². The summed E-state index contributed by atoms with van der Waals surface area (Å²) in [6, 6.07) is 11.2. The van der Waals surface area contributed by atoms with Crippen LogP contribution in [0.3, 0.4) is 0 Å². The molecule has 2 aromatic heterocycles. The van der Waals surface area contributed by atoms with Gasteiger partial charge in [0.2, 0.25) is 0 Å². The van der Waals surface area contributed by atoms with Crippen molar-refractivity contribution in [1.29, 1.82) is 0 Å². The average molecular weight is 409 g/mol. The predicted octanol–water partition coefficient (Wildman–Crippen LogP) is 4.86. The van der Waals surface area contributed by atoms with Crippen molar-refractivity contribution in [2.45, 2.75) is 31.8 Å². The fourth-order valence-electron chi connectivity index (χ4n) is 3.65. The van der Waals surface area contributed by atoms with Gasteiger partial charge >= 0.3 is 0 Å². The first-order valence-corrected chi connectivity index (χ1v) is 10.0. The highest BCUT2D eigenvalue weighted by Gasteiger charge is 2.32. The van der Waals surface area contributed by atoms with Crippen LogP contribution in [0.4, 0.5) is 4.39 Å². The lowest BCUT2D eigenvalue weighted by molar-refractivity contribution is 0.0700. The smallest absolute Gasteiger partial charge is 0.290 e. The normalized spacial score (nSPS) is 17.2. The summed E-state index contributed by atoms with van der Waals surface area (Å²) in [5.74, 6) is 1.69. The van der Waals surface area contributed by atoms with Crippen LogP contribution >= 0.6 is 0 Å². The number of aromatic nitrogens is 1. The predicted molar refractivity (Wildman–Crippen MR) is 110 cm³/mol. The van der Waals surface area contributed by atoms with E-state index < -0.39 is 0 Å². The molecule has 1 aromatic carbocycles. The zero-order valence-corrected chi connectivity index (χ0v) is 17.0. The number of hydrogen-bond donors (Lipinski definition) is 1. The van der Waals surface area contributed by atoms with Crippen LogP contribution in [-0.4, -0.2) is 29.4 Å². The number of carbonyl (C=O) groups excluding carboxylic acids is 1. The Balaban J connectivity index is 1.52. The van der Waals surface area contributed by atoms with E-state index in [1.807, 2.05) is 31.0 Å². The van der Waals surface area contributed by atoms with Crippen LogP contribution in [0.25, 0.3) is 0 Å². The number of likely N-dealkylation sites (tertiary alicyclic amines) is 1. The fourth-order valence-corrected chi connectivity index (χ4v) is 3.65. The van der Waals surface area contributed by atoms with Gasteiger partial charge in [-0.05, 0) is 74.8 Å². The number of rotatable bonds is 6. The summed E-state index contributed by atoms with van der Waals surface area (Å²) in [5.41, 5.74) is 0.899. The van der Waals surface area contributed by atoms with Gasteiger partial charge in [0.1, 0.15) is 23.1 Å². The number of ether oxygens (including phenoxy) is 1. The number of benzene rings is 1. The topological polar surface area (TPSA) is 67.6 Å². The van der Waals surface area contributed by atoms with E-state index in [9.17, 15) is 9.18 Å². The molecule has 156 valence electrons. The van der Waals surface area contributed by atoms with Crippen molar-refractivity contribution in [1.82, 2.24) is 15.2 Å². The first-order chi connectivity index (χ1) is 14.5. The van der Waals surface area contributed by atoms with Gasteiger partial charge in [0.15, 0.2) is 5.76 Å². The lowest BCUT2D eigenvalue weighted by atomic mass is 10.1. The van der Waals surface area contributed by atoms with Crippen LogP contribution in [0.5, 0.6) is 11.5 Å². The highest BCUT2D eigenvalue weighted by Crippen LogP contribution is 2.35. The summed E-state index contributed by atoms with van der Waals surface area (Å²) in [6.45, 7) is 2.63. The molecule has 1 saturated heterocycles. The minimum absolute atomic E-state index is 0.0328. The Bertz CT molecular complexity index is 1020. The number of pyridine rings is 1. The molecule has 1 N–H and O–H groups in total. The van der Waals surface area contributed by atoms with Crippen molar-refractivity contribution >= 4 is 5.91 Å². The molecule has 1 fully saturated rings. The van der Waals surface area contributed by atoms with Crippen LogP contribution in [0.2, 0.25) is 0 Å². The van der Waals surface area contributed by atoms with Crippen molar-refractivity contribution in [2.24, 2.45) is 0 Å². The van der Waals surface area contributed by atoms with Crippen LogP contribution in [-0.2, 0) is 0 Å². The number of halogens is 1. The van der Waals surface area contributed by atoms with Gasteiger partial charge in [0, 0.05) is 12.7 Å². The maximum Gasteiger partial charge on any atom is 0.290 e. The first kappa shape index (κ1) is 20.1. The van der Waals surface area contributed by atoms with Gasteiger partial charge in [-0.2, -0.15) is 0 Å². The Morgan fingerprint density at radius 3 is 2.80 bits per heavy atom. The van der Waals surface area contributed by atoms with Crippen molar-refractivity contribution in [3.05, 3.63) is 77.8 Å². The van der Waals surface area contributed by atoms with Crippen LogP contribution in [0.1, 0.15) is 53.7 Å². The second-order valence-corrected chi connectivity index (χ2v) is 7.38. The number of hydrogen-bond acceptors (Lipinski definition) is 5. The molecule has 6 nitrogen and oxygen atoms in total. The molecule has 4 rings (SSSR count). The molecule has 0 spiro atoms. The zero-order chi connectivity index (χ0) is 21.1. The van der Waals surface area contributed by atoms with Gasteiger partial charge in [-0.3, -0.25) is 9.78 Å². The standard InChI is InChI=1S/C23H24FN3O3/c1-15(25-2)21-9-10-22(30-21)23(28)27-11-3-4-20(27)16-12-19(14-26-13-16)29-18-7-5-17(24)6-8-18/h5-10,12-15,20,25H,3-4,11H2,1-2H3. The highest BCUT2D eigenvalue weighted by atomic mass is 19.1. The molecule has 7 heteroatoms. The third kappa shape index (κ3) is 4.21. The lowest BCUT2D eigenvalue weighted by Crippen LogP contribution is -2.30. The van der Waals surface area contributed by atoms with E-state index in [1.54, 1.807) is 30.6 Å². The number of amides is 1. The summed E-state index contributed by atoms with van der Waals surface area (Å²) >= 11 is 0. The molecule has 0 saturated carbocycles. The first-order valence-electron chi connectivity index (χ1n) is 10.0. The summed E-state index contributed by atoms with van der Waals surface area (Å²) in [5, 5.41) is 3.11. The molecule has 2 unspecified atom stereocenters. The fraction of sp³-hybridized carbons (Fsp3) is 0.304. The van der Waals surface area contributed by atoms with Gasteiger partial charge in [0.25, 0.3) is 5.91 Å². The quantitative estimate of drug-likeness (QED) is 0.630. The van der Waals surface area contributed by atoms with Crippen molar-refractivity contribution in [2.75, 3.05) is 13.6 Å². The Labute approximate surface area is 174 Å². The molecule has 30 heavy (non-hydrogen) atoms.